The van der Waals surface area contributed by atoms with E-state index in [1.54, 1.807) is 11.3 Å². The standard InChI is InChI=1S/C62H36N4O2S/c1-3-11-39-27-43-29-45(19-17-41(43)25-37(39)9-1)65(47-21-23-52-50-13-5-7-15-55(50)67-57(52)31-47)49-33-60-62(64-35-49)54-36-63-61(34-59(54)69-60)66(48-22-24-53-51-14-6-8-16-56(51)68-58(53)32-48)46-20-18-42-26-38-10-2-4-12-40(38)28-44(42)30-46/h1-36H. The van der Waals surface area contributed by atoms with Gasteiger partial charge >= 0.3 is 0 Å². The van der Waals surface area contributed by atoms with Gasteiger partial charge < -0.3 is 13.7 Å². The number of pyridine rings is 2. The molecule has 10 aromatic carbocycles. The molecule has 0 aliphatic heterocycles. The lowest BCUT2D eigenvalue weighted by Gasteiger charge is -2.25. The zero-order valence-corrected chi connectivity index (χ0v) is 37.6. The first kappa shape index (κ1) is 38.1. The maximum absolute atomic E-state index is 6.45. The highest BCUT2D eigenvalue weighted by molar-refractivity contribution is 7.25. The molecule has 7 heteroatoms. The molecule has 0 spiro atoms. The summed E-state index contributed by atoms with van der Waals surface area (Å²) in [5.41, 5.74) is 9.24. The van der Waals surface area contributed by atoms with Crippen LogP contribution in [0.3, 0.4) is 0 Å². The van der Waals surface area contributed by atoms with Crippen LogP contribution in [0, 0.1) is 0 Å². The molecular weight excluding hydrogens is 865 g/mol. The number of hydrogen-bond acceptors (Lipinski definition) is 7. The molecule has 0 aliphatic rings. The molecule has 0 N–H and O–H groups in total. The number of anilines is 6. The summed E-state index contributed by atoms with van der Waals surface area (Å²) in [4.78, 5) is 15.0. The molecule has 15 rings (SSSR count). The van der Waals surface area contributed by atoms with Crippen molar-refractivity contribution < 1.29 is 8.83 Å². The van der Waals surface area contributed by atoms with Crippen molar-refractivity contribution in [2.45, 2.75) is 0 Å². The normalized spacial score (nSPS) is 12.1. The lowest BCUT2D eigenvalue weighted by Crippen LogP contribution is -2.11. The van der Waals surface area contributed by atoms with Crippen LogP contribution in [0.25, 0.3) is 107 Å². The van der Waals surface area contributed by atoms with E-state index in [0.717, 1.165) is 104 Å². The van der Waals surface area contributed by atoms with Crippen LogP contribution in [-0.4, -0.2) is 9.97 Å². The number of benzene rings is 10. The summed E-state index contributed by atoms with van der Waals surface area (Å²) in [7, 11) is 0. The van der Waals surface area contributed by atoms with Gasteiger partial charge in [0.1, 0.15) is 28.1 Å². The fourth-order valence-corrected chi connectivity index (χ4v) is 11.6. The highest BCUT2D eigenvalue weighted by Crippen LogP contribution is 2.45. The van der Waals surface area contributed by atoms with Gasteiger partial charge in [-0.15, -0.1) is 11.3 Å². The SMILES string of the molecule is c1ccc2cc3cc(N(c4ccc5c(c4)oc4ccccc45)c4cnc5c(c4)sc4cc(N(c6ccc7cc8ccccc8cc7c6)c6ccc7c(c6)oc6ccccc67)ncc45)ccc3cc2c1. The number of furan rings is 2. The van der Waals surface area contributed by atoms with Crippen molar-refractivity contribution in [1.29, 1.82) is 0 Å². The Labute approximate surface area is 398 Å². The zero-order valence-electron chi connectivity index (χ0n) is 36.8. The fourth-order valence-electron chi connectivity index (χ4n) is 10.5. The van der Waals surface area contributed by atoms with Gasteiger partial charge in [-0.1, -0.05) is 97.1 Å². The van der Waals surface area contributed by atoms with Crippen molar-refractivity contribution in [1.82, 2.24) is 9.97 Å². The van der Waals surface area contributed by atoms with Gasteiger partial charge in [0.05, 0.1) is 27.8 Å². The first-order valence-corrected chi connectivity index (χ1v) is 23.9. The number of rotatable bonds is 6. The third-order valence-electron chi connectivity index (χ3n) is 13.8. The van der Waals surface area contributed by atoms with Gasteiger partial charge in [-0.2, -0.15) is 0 Å². The third kappa shape index (κ3) is 6.11. The molecule has 0 saturated carbocycles. The summed E-state index contributed by atoms with van der Waals surface area (Å²) >= 11 is 1.73. The summed E-state index contributed by atoms with van der Waals surface area (Å²) in [6.07, 6.45) is 3.97. The molecule has 0 bridgehead atoms. The largest absolute Gasteiger partial charge is 0.456 e. The van der Waals surface area contributed by atoms with Crippen LogP contribution in [0.1, 0.15) is 0 Å². The van der Waals surface area contributed by atoms with Crippen molar-refractivity contribution in [3.63, 3.8) is 0 Å². The van der Waals surface area contributed by atoms with E-state index in [0.29, 0.717) is 0 Å². The maximum atomic E-state index is 6.45. The molecular formula is C62H36N4O2S. The topological polar surface area (TPSA) is 58.5 Å². The smallest absolute Gasteiger partial charge is 0.138 e. The van der Waals surface area contributed by atoms with Gasteiger partial charge in [-0.05, 0) is 140 Å². The quantitative estimate of drug-likeness (QED) is 0.155. The fraction of sp³-hybridized carbons (Fsp3) is 0. The average Bonchev–Trinajstić information content (AvgIpc) is 4.08. The van der Waals surface area contributed by atoms with E-state index < -0.39 is 0 Å². The van der Waals surface area contributed by atoms with Crippen LogP contribution in [0.2, 0.25) is 0 Å². The second-order valence-electron chi connectivity index (χ2n) is 17.9. The highest BCUT2D eigenvalue weighted by atomic mass is 32.1. The molecule has 0 fully saturated rings. The molecule has 0 unspecified atom stereocenters. The van der Waals surface area contributed by atoms with Crippen LogP contribution in [0.4, 0.5) is 34.3 Å². The summed E-state index contributed by atoms with van der Waals surface area (Å²) in [6.45, 7) is 0. The predicted octanol–water partition coefficient (Wildman–Crippen LogP) is 18.2. The summed E-state index contributed by atoms with van der Waals surface area (Å²) in [5, 5.41) is 14.9. The number of fused-ring (bicyclic) bond motifs is 13. The molecule has 0 radical (unpaired) electrons. The zero-order chi connectivity index (χ0) is 45.2. The Morgan fingerprint density at radius 2 is 0.768 bits per heavy atom. The van der Waals surface area contributed by atoms with Gasteiger partial charge in [0.15, 0.2) is 0 Å². The van der Waals surface area contributed by atoms with E-state index in [4.69, 9.17) is 18.8 Å². The molecule has 322 valence electrons. The van der Waals surface area contributed by atoms with E-state index in [1.807, 2.05) is 36.7 Å². The van der Waals surface area contributed by atoms with Gasteiger partial charge in [-0.3, -0.25) is 9.88 Å². The van der Waals surface area contributed by atoms with E-state index in [1.165, 1.54) is 37.7 Å². The minimum absolute atomic E-state index is 0.800. The van der Waals surface area contributed by atoms with Crippen molar-refractivity contribution in [2.24, 2.45) is 0 Å². The summed E-state index contributed by atoms with van der Waals surface area (Å²) < 4.78 is 15.1. The Kier molecular flexibility index (Phi) is 8.13. The van der Waals surface area contributed by atoms with Crippen LogP contribution in [0.15, 0.2) is 227 Å². The molecule has 5 aromatic heterocycles. The first-order chi connectivity index (χ1) is 34.1. The van der Waals surface area contributed by atoms with Gasteiger partial charge in [0, 0.05) is 67.0 Å². The molecule has 15 aromatic rings. The van der Waals surface area contributed by atoms with Gasteiger partial charge in [0.2, 0.25) is 0 Å². The van der Waals surface area contributed by atoms with Crippen LogP contribution < -0.4 is 9.80 Å². The van der Waals surface area contributed by atoms with Crippen molar-refractivity contribution >= 4 is 153 Å². The second-order valence-corrected chi connectivity index (χ2v) is 19.0. The summed E-state index contributed by atoms with van der Waals surface area (Å²) in [5.74, 6) is 0.800. The minimum atomic E-state index is 0.800. The molecule has 5 heterocycles. The van der Waals surface area contributed by atoms with Crippen molar-refractivity contribution in [3.05, 3.63) is 219 Å². The highest BCUT2D eigenvalue weighted by Gasteiger charge is 2.22. The van der Waals surface area contributed by atoms with Crippen LogP contribution in [0.5, 0.6) is 0 Å². The number of para-hydroxylation sites is 2. The first-order valence-electron chi connectivity index (χ1n) is 23.1. The van der Waals surface area contributed by atoms with E-state index in [2.05, 4.69) is 192 Å². The van der Waals surface area contributed by atoms with Gasteiger partial charge in [0.25, 0.3) is 0 Å². The molecule has 0 aliphatic carbocycles. The molecule has 69 heavy (non-hydrogen) atoms. The van der Waals surface area contributed by atoms with Crippen molar-refractivity contribution in [2.75, 3.05) is 9.80 Å². The number of hydrogen-bond donors (Lipinski definition) is 0. The van der Waals surface area contributed by atoms with Crippen LogP contribution >= 0.6 is 11.3 Å². The lowest BCUT2D eigenvalue weighted by atomic mass is 10.0. The monoisotopic (exact) mass is 900 g/mol. The number of aromatic nitrogens is 2. The Hall–Kier alpha value is -9.04. The Morgan fingerprint density at radius 1 is 0.304 bits per heavy atom. The lowest BCUT2D eigenvalue weighted by molar-refractivity contribution is 0.668. The molecule has 0 saturated heterocycles. The van der Waals surface area contributed by atoms with E-state index in [9.17, 15) is 0 Å². The van der Waals surface area contributed by atoms with Crippen LogP contribution in [-0.2, 0) is 0 Å². The predicted molar refractivity (Wildman–Crippen MR) is 289 cm³/mol. The maximum Gasteiger partial charge on any atom is 0.138 e. The van der Waals surface area contributed by atoms with Gasteiger partial charge in [-0.25, -0.2) is 4.98 Å². The Balaban J connectivity index is 0.887. The van der Waals surface area contributed by atoms with Crippen molar-refractivity contribution in [3.8, 4) is 0 Å². The Morgan fingerprint density at radius 3 is 1.36 bits per heavy atom. The second kappa shape index (κ2) is 14.7. The number of nitrogens with zero attached hydrogens (tertiary/aromatic N) is 4. The molecule has 6 nitrogen and oxygen atoms in total. The van der Waals surface area contributed by atoms with E-state index >= 15 is 0 Å². The molecule has 0 atom stereocenters. The minimum Gasteiger partial charge on any atom is -0.456 e. The third-order valence-corrected chi connectivity index (χ3v) is 14.9. The molecule has 0 amide bonds. The summed E-state index contributed by atoms with van der Waals surface area (Å²) in [6, 6.07) is 73.4. The number of thiophene rings is 1. The Bertz CT molecular complexity index is 4310. The van der Waals surface area contributed by atoms with E-state index in [-0.39, 0.29) is 0 Å². The average molecular weight is 901 g/mol.